The van der Waals surface area contributed by atoms with E-state index in [-0.39, 0.29) is 0 Å². The molecule has 1 nitrogen and oxygen atoms in total. The van der Waals surface area contributed by atoms with E-state index in [1.54, 1.807) is 0 Å². The van der Waals surface area contributed by atoms with E-state index in [4.69, 9.17) is 0 Å². The molecule has 0 aromatic heterocycles. The fourth-order valence-electron chi connectivity index (χ4n) is 2.78. The minimum absolute atomic E-state index is 0.322. The van der Waals surface area contributed by atoms with Gasteiger partial charge in [0.2, 0.25) is 0 Å². The van der Waals surface area contributed by atoms with Crippen LogP contribution in [-0.4, -0.2) is 10.9 Å². The van der Waals surface area contributed by atoms with Crippen molar-refractivity contribution in [3.05, 3.63) is 77.5 Å². The second-order valence-electron chi connectivity index (χ2n) is 5.30. The van der Waals surface area contributed by atoms with Gasteiger partial charge in [0.1, 0.15) is 0 Å². The molecule has 19 heavy (non-hydrogen) atoms. The lowest BCUT2D eigenvalue weighted by molar-refractivity contribution is 0.258. The zero-order valence-electron chi connectivity index (χ0n) is 11.5. The molecule has 0 amide bonds. The van der Waals surface area contributed by atoms with Crippen LogP contribution in [0.25, 0.3) is 6.08 Å². The third kappa shape index (κ3) is 2.17. The molecule has 1 atom stereocenters. The van der Waals surface area contributed by atoms with E-state index in [0.29, 0.717) is 12.1 Å². The summed E-state index contributed by atoms with van der Waals surface area (Å²) in [5.74, 6) is 0. The fraction of sp³-hybridized carbons (Fsp3) is 0.222. The molecule has 0 aliphatic carbocycles. The van der Waals surface area contributed by atoms with E-state index in [2.05, 4.69) is 85.6 Å². The minimum atomic E-state index is 0.322. The monoisotopic (exact) mass is 249 g/mol. The Hall–Kier alpha value is -2.02. The maximum atomic E-state index is 2.43. The van der Waals surface area contributed by atoms with Gasteiger partial charge in [0.15, 0.2) is 0 Å². The molecule has 1 aliphatic heterocycles. The summed E-state index contributed by atoms with van der Waals surface area (Å²) in [7, 11) is 0. The van der Waals surface area contributed by atoms with Crippen LogP contribution in [0.3, 0.4) is 0 Å². The second-order valence-corrected chi connectivity index (χ2v) is 5.30. The lowest BCUT2D eigenvalue weighted by atomic mass is 9.90. The molecule has 2 aromatic rings. The molecule has 0 saturated heterocycles. The van der Waals surface area contributed by atoms with Crippen molar-refractivity contribution in [2.75, 3.05) is 0 Å². The van der Waals surface area contributed by atoms with Gasteiger partial charge in [-0.3, -0.25) is 0 Å². The zero-order chi connectivity index (χ0) is 13.2. The number of fused-ring (bicyclic) bond motifs is 1. The van der Waals surface area contributed by atoms with E-state index < -0.39 is 0 Å². The molecule has 0 radical (unpaired) electrons. The van der Waals surface area contributed by atoms with Crippen LogP contribution in [0.5, 0.6) is 0 Å². The van der Waals surface area contributed by atoms with Crippen LogP contribution in [0.15, 0.2) is 60.8 Å². The highest BCUT2D eigenvalue weighted by Gasteiger charge is 2.26. The lowest BCUT2D eigenvalue weighted by Crippen LogP contribution is -2.33. The summed E-state index contributed by atoms with van der Waals surface area (Å²) in [5.41, 5.74) is 4.08. The molecule has 3 rings (SSSR count). The van der Waals surface area contributed by atoms with Crippen molar-refractivity contribution < 1.29 is 0 Å². The van der Waals surface area contributed by atoms with Crippen molar-refractivity contribution in [3.8, 4) is 0 Å². The average Bonchev–Trinajstić information content (AvgIpc) is 2.46. The molecule has 2 aromatic carbocycles. The van der Waals surface area contributed by atoms with Crippen molar-refractivity contribution in [1.82, 2.24) is 4.90 Å². The van der Waals surface area contributed by atoms with E-state index in [9.17, 15) is 0 Å². The predicted octanol–water partition coefficient (Wildman–Crippen LogP) is 4.47. The van der Waals surface area contributed by atoms with Gasteiger partial charge >= 0.3 is 0 Å². The SMILES string of the molecule is CC(C)N1C=Cc2ccccc2C1c1ccccc1. The average molecular weight is 249 g/mol. The highest BCUT2D eigenvalue weighted by atomic mass is 15.2. The van der Waals surface area contributed by atoms with Crippen molar-refractivity contribution >= 4 is 6.08 Å². The van der Waals surface area contributed by atoms with E-state index >= 15 is 0 Å². The summed E-state index contributed by atoms with van der Waals surface area (Å²) in [6, 6.07) is 20.2. The minimum Gasteiger partial charge on any atom is -0.364 e. The number of hydrogen-bond acceptors (Lipinski definition) is 1. The quantitative estimate of drug-likeness (QED) is 0.759. The lowest BCUT2D eigenvalue weighted by Gasteiger charge is -2.38. The standard InChI is InChI=1S/C18H19N/c1-14(2)19-13-12-15-8-6-7-11-17(15)18(19)16-9-4-3-5-10-16/h3-14,18H,1-2H3. The first-order valence-corrected chi connectivity index (χ1v) is 6.87. The van der Waals surface area contributed by atoms with Crippen molar-refractivity contribution in [3.63, 3.8) is 0 Å². The topological polar surface area (TPSA) is 3.24 Å². The van der Waals surface area contributed by atoms with Crippen molar-refractivity contribution in [2.45, 2.75) is 25.9 Å². The molecule has 96 valence electrons. The zero-order valence-corrected chi connectivity index (χ0v) is 11.5. The largest absolute Gasteiger partial charge is 0.364 e. The van der Waals surface area contributed by atoms with Crippen LogP contribution in [0, 0.1) is 0 Å². The van der Waals surface area contributed by atoms with Gasteiger partial charge in [-0.05, 0) is 36.6 Å². The Morgan fingerprint density at radius 1 is 0.895 bits per heavy atom. The van der Waals surface area contributed by atoms with Crippen molar-refractivity contribution in [2.24, 2.45) is 0 Å². The Morgan fingerprint density at radius 2 is 1.58 bits per heavy atom. The van der Waals surface area contributed by atoms with Crippen LogP contribution in [0.1, 0.15) is 36.6 Å². The third-order valence-electron chi connectivity index (χ3n) is 3.73. The summed E-state index contributed by atoms with van der Waals surface area (Å²) in [4.78, 5) is 2.43. The van der Waals surface area contributed by atoms with Crippen LogP contribution in [0.2, 0.25) is 0 Å². The maximum Gasteiger partial charge on any atom is 0.0799 e. The van der Waals surface area contributed by atoms with E-state index in [1.165, 1.54) is 16.7 Å². The molecule has 0 spiro atoms. The Bertz CT molecular complexity index is 584. The first-order chi connectivity index (χ1) is 9.27. The Balaban J connectivity index is 2.14. The van der Waals surface area contributed by atoms with Crippen LogP contribution in [0.4, 0.5) is 0 Å². The molecule has 0 saturated carbocycles. The van der Waals surface area contributed by atoms with E-state index in [0.717, 1.165) is 0 Å². The molecule has 1 aliphatic rings. The molecule has 0 bridgehead atoms. The highest BCUT2D eigenvalue weighted by molar-refractivity contribution is 5.59. The van der Waals surface area contributed by atoms with Crippen LogP contribution >= 0.6 is 0 Å². The third-order valence-corrected chi connectivity index (χ3v) is 3.73. The van der Waals surface area contributed by atoms with Gasteiger partial charge in [-0.25, -0.2) is 0 Å². The molecule has 1 heteroatoms. The van der Waals surface area contributed by atoms with Crippen LogP contribution < -0.4 is 0 Å². The smallest absolute Gasteiger partial charge is 0.0799 e. The normalized spacial score (nSPS) is 17.6. The molecular formula is C18H19N. The number of nitrogens with zero attached hydrogens (tertiary/aromatic N) is 1. The van der Waals surface area contributed by atoms with Gasteiger partial charge in [-0.15, -0.1) is 0 Å². The Labute approximate surface area is 115 Å². The molecule has 0 N–H and O–H groups in total. The first kappa shape index (κ1) is 12.0. The molecule has 1 unspecified atom stereocenters. The maximum absolute atomic E-state index is 2.43. The summed E-state index contributed by atoms with van der Waals surface area (Å²) in [5, 5.41) is 0. The summed E-state index contributed by atoms with van der Waals surface area (Å²) in [6.07, 6.45) is 4.44. The van der Waals surface area contributed by atoms with Gasteiger partial charge < -0.3 is 4.90 Å². The highest BCUT2D eigenvalue weighted by Crippen LogP contribution is 2.36. The van der Waals surface area contributed by atoms with Gasteiger partial charge in [-0.2, -0.15) is 0 Å². The predicted molar refractivity (Wildman–Crippen MR) is 80.7 cm³/mol. The number of rotatable bonds is 2. The summed E-state index contributed by atoms with van der Waals surface area (Å²) in [6.45, 7) is 4.49. The fourth-order valence-corrected chi connectivity index (χ4v) is 2.78. The number of hydrogen-bond donors (Lipinski definition) is 0. The van der Waals surface area contributed by atoms with Gasteiger partial charge in [0.25, 0.3) is 0 Å². The van der Waals surface area contributed by atoms with Gasteiger partial charge in [-0.1, -0.05) is 54.6 Å². The van der Waals surface area contributed by atoms with Crippen LogP contribution in [-0.2, 0) is 0 Å². The summed E-state index contributed by atoms with van der Waals surface area (Å²) >= 11 is 0. The second kappa shape index (κ2) is 4.93. The molecular weight excluding hydrogens is 230 g/mol. The molecule has 0 fully saturated rings. The summed E-state index contributed by atoms with van der Waals surface area (Å²) < 4.78 is 0. The molecule has 1 heterocycles. The first-order valence-electron chi connectivity index (χ1n) is 6.87. The number of benzene rings is 2. The van der Waals surface area contributed by atoms with E-state index in [1.807, 2.05) is 0 Å². The van der Waals surface area contributed by atoms with Crippen molar-refractivity contribution in [1.29, 1.82) is 0 Å². The Kier molecular flexibility index (Phi) is 3.12. The Morgan fingerprint density at radius 3 is 2.32 bits per heavy atom. The van der Waals surface area contributed by atoms with Gasteiger partial charge in [0.05, 0.1) is 6.04 Å². The van der Waals surface area contributed by atoms with Gasteiger partial charge in [0, 0.05) is 12.2 Å².